The van der Waals surface area contributed by atoms with E-state index in [1.54, 1.807) is 18.9 Å². The fraction of sp³-hybridized carbons (Fsp3) is 0.875. The summed E-state index contributed by atoms with van der Waals surface area (Å²) in [6, 6.07) is -0.0248. The van der Waals surface area contributed by atoms with Crippen molar-refractivity contribution in [3.8, 4) is 0 Å². The van der Waals surface area contributed by atoms with Gasteiger partial charge in [-0.15, -0.1) is 0 Å². The zero-order valence-electron chi connectivity index (χ0n) is 14.3. The van der Waals surface area contributed by atoms with E-state index in [-0.39, 0.29) is 17.9 Å². The lowest BCUT2D eigenvalue weighted by Gasteiger charge is -2.33. The van der Waals surface area contributed by atoms with Crippen LogP contribution in [0.25, 0.3) is 0 Å². The highest BCUT2D eigenvalue weighted by molar-refractivity contribution is 5.77. The molecule has 0 radical (unpaired) electrons. The summed E-state index contributed by atoms with van der Waals surface area (Å²) in [5, 5.41) is 12.3. The maximum absolute atomic E-state index is 12.1. The van der Waals surface area contributed by atoms with Crippen molar-refractivity contribution in [2.24, 2.45) is 11.8 Å². The zero-order chi connectivity index (χ0) is 16.7. The number of nitrogens with one attached hydrogen (secondary N) is 1. The van der Waals surface area contributed by atoms with Crippen LogP contribution in [0.3, 0.4) is 0 Å². The van der Waals surface area contributed by atoms with Gasteiger partial charge in [0.1, 0.15) is 0 Å². The first-order valence-electron chi connectivity index (χ1n) is 8.24. The number of aliphatic hydroxyl groups is 1. The topological polar surface area (TPSA) is 72.9 Å². The lowest BCUT2D eigenvalue weighted by molar-refractivity contribution is -0.132. The van der Waals surface area contributed by atoms with Gasteiger partial charge in [-0.25, -0.2) is 4.79 Å². The molecule has 6 nitrogen and oxygen atoms in total. The van der Waals surface area contributed by atoms with Gasteiger partial charge in [0, 0.05) is 39.6 Å². The third-order valence-corrected chi connectivity index (χ3v) is 3.89. The van der Waals surface area contributed by atoms with Crippen LogP contribution in [-0.2, 0) is 4.79 Å². The minimum Gasteiger partial charge on any atom is -0.392 e. The Labute approximate surface area is 133 Å². The molecule has 0 aromatic rings. The summed E-state index contributed by atoms with van der Waals surface area (Å²) in [4.78, 5) is 27.6. The van der Waals surface area contributed by atoms with Crippen molar-refractivity contribution in [2.75, 3.05) is 33.2 Å². The summed E-state index contributed by atoms with van der Waals surface area (Å²) >= 11 is 0. The van der Waals surface area contributed by atoms with Gasteiger partial charge in [-0.2, -0.15) is 0 Å². The first kappa shape index (κ1) is 18.7. The fourth-order valence-corrected chi connectivity index (χ4v) is 2.72. The van der Waals surface area contributed by atoms with Gasteiger partial charge in [0.2, 0.25) is 5.91 Å². The molecular formula is C16H31N3O3. The Morgan fingerprint density at radius 2 is 2.05 bits per heavy atom. The summed E-state index contributed by atoms with van der Waals surface area (Å²) in [5.41, 5.74) is 0. The molecule has 0 aliphatic carbocycles. The highest BCUT2D eigenvalue weighted by atomic mass is 16.3. The van der Waals surface area contributed by atoms with Crippen molar-refractivity contribution in [1.82, 2.24) is 15.1 Å². The SMILES string of the molecule is CC(C)CNC(=O)N1CCCC(CC(=O)N(C)C[C@@H](C)O)C1. The number of nitrogens with zero attached hydrogens (tertiary/aromatic N) is 2. The summed E-state index contributed by atoms with van der Waals surface area (Å²) in [6.07, 6.45) is 1.84. The van der Waals surface area contributed by atoms with E-state index in [9.17, 15) is 14.7 Å². The molecule has 1 heterocycles. The molecule has 0 bridgehead atoms. The average molecular weight is 313 g/mol. The molecule has 6 heteroatoms. The third kappa shape index (κ3) is 6.64. The number of likely N-dealkylation sites (tertiary alicyclic amines) is 1. The molecule has 1 fully saturated rings. The smallest absolute Gasteiger partial charge is 0.317 e. The van der Waals surface area contributed by atoms with E-state index in [2.05, 4.69) is 19.2 Å². The highest BCUT2D eigenvalue weighted by Crippen LogP contribution is 2.20. The van der Waals surface area contributed by atoms with Crippen LogP contribution in [0.15, 0.2) is 0 Å². The average Bonchev–Trinajstić information content (AvgIpc) is 2.44. The van der Waals surface area contributed by atoms with E-state index >= 15 is 0 Å². The van der Waals surface area contributed by atoms with Gasteiger partial charge in [0.25, 0.3) is 0 Å². The molecule has 0 spiro atoms. The Morgan fingerprint density at radius 1 is 1.36 bits per heavy atom. The number of likely N-dealkylation sites (N-methyl/N-ethyl adjacent to an activating group) is 1. The van der Waals surface area contributed by atoms with E-state index in [1.165, 1.54) is 0 Å². The number of carbonyl (C=O) groups is 2. The second kappa shape index (κ2) is 8.98. The lowest BCUT2D eigenvalue weighted by atomic mass is 9.94. The van der Waals surface area contributed by atoms with Crippen LogP contribution >= 0.6 is 0 Å². The molecule has 1 unspecified atom stereocenters. The maximum Gasteiger partial charge on any atom is 0.317 e. The Hall–Kier alpha value is -1.30. The molecule has 0 saturated carbocycles. The molecule has 1 aliphatic rings. The van der Waals surface area contributed by atoms with Crippen LogP contribution in [0.2, 0.25) is 0 Å². The van der Waals surface area contributed by atoms with Crippen molar-refractivity contribution in [1.29, 1.82) is 0 Å². The van der Waals surface area contributed by atoms with Gasteiger partial charge in [-0.1, -0.05) is 13.8 Å². The Kier molecular flexibility index (Phi) is 7.65. The third-order valence-electron chi connectivity index (χ3n) is 3.89. The number of piperidine rings is 1. The minimum absolute atomic E-state index is 0.0248. The number of aliphatic hydroxyl groups excluding tert-OH is 1. The highest BCUT2D eigenvalue weighted by Gasteiger charge is 2.26. The molecule has 128 valence electrons. The standard InChI is InChI=1S/C16H31N3O3/c1-12(2)9-17-16(22)19-7-5-6-14(11-19)8-15(21)18(4)10-13(3)20/h12-14,20H,5-11H2,1-4H3,(H,17,22)/t13-,14?/m1/s1. The first-order chi connectivity index (χ1) is 10.3. The van der Waals surface area contributed by atoms with Crippen molar-refractivity contribution in [2.45, 2.75) is 46.1 Å². The van der Waals surface area contributed by atoms with Crippen LogP contribution < -0.4 is 5.32 Å². The summed E-state index contributed by atoms with van der Waals surface area (Å²) < 4.78 is 0. The number of urea groups is 1. The molecule has 3 amide bonds. The van der Waals surface area contributed by atoms with Crippen LogP contribution in [0.4, 0.5) is 4.79 Å². The summed E-state index contributed by atoms with van der Waals surface area (Å²) in [7, 11) is 1.71. The van der Waals surface area contributed by atoms with Crippen molar-refractivity contribution in [3.63, 3.8) is 0 Å². The minimum atomic E-state index is -0.515. The van der Waals surface area contributed by atoms with Crippen molar-refractivity contribution < 1.29 is 14.7 Å². The van der Waals surface area contributed by atoms with Gasteiger partial charge >= 0.3 is 6.03 Å². The Bertz CT molecular complexity index is 372. The fourth-order valence-electron chi connectivity index (χ4n) is 2.72. The normalized spacial score (nSPS) is 19.9. The summed E-state index contributed by atoms with van der Waals surface area (Å²) in [6.45, 7) is 8.23. The Balaban J connectivity index is 2.42. The Morgan fingerprint density at radius 3 is 2.64 bits per heavy atom. The first-order valence-corrected chi connectivity index (χ1v) is 8.24. The lowest BCUT2D eigenvalue weighted by Crippen LogP contribution is -2.47. The number of amides is 3. The predicted molar refractivity (Wildman–Crippen MR) is 86.5 cm³/mol. The monoisotopic (exact) mass is 313 g/mol. The van der Waals surface area contributed by atoms with Gasteiger partial charge in [-0.3, -0.25) is 4.79 Å². The van der Waals surface area contributed by atoms with Crippen LogP contribution in [0.5, 0.6) is 0 Å². The molecule has 1 rings (SSSR count). The van der Waals surface area contributed by atoms with Crippen LogP contribution in [0.1, 0.15) is 40.0 Å². The van der Waals surface area contributed by atoms with Crippen molar-refractivity contribution in [3.05, 3.63) is 0 Å². The molecule has 1 aliphatic heterocycles. The summed E-state index contributed by atoms with van der Waals surface area (Å²) in [5.74, 6) is 0.679. The molecule has 1 saturated heterocycles. The van der Waals surface area contributed by atoms with Gasteiger partial charge in [0.15, 0.2) is 0 Å². The molecule has 22 heavy (non-hydrogen) atoms. The number of hydrogen-bond donors (Lipinski definition) is 2. The maximum atomic E-state index is 12.1. The molecular weight excluding hydrogens is 282 g/mol. The quantitative estimate of drug-likeness (QED) is 0.776. The van der Waals surface area contributed by atoms with Gasteiger partial charge in [0.05, 0.1) is 6.10 Å². The van der Waals surface area contributed by atoms with E-state index in [4.69, 9.17) is 0 Å². The number of carbonyl (C=O) groups excluding carboxylic acids is 2. The molecule has 2 N–H and O–H groups in total. The van der Waals surface area contributed by atoms with Gasteiger partial charge < -0.3 is 20.2 Å². The molecule has 0 aromatic heterocycles. The second-order valence-electron chi connectivity index (χ2n) is 6.86. The predicted octanol–water partition coefficient (Wildman–Crippen LogP) is 1.29. The van der Waals surface area contributed by atoms with E-state index < -0.39 is 6.10 Å². The van der Waals surface area contributed by atoms with Crippen LogP contribution in [-0.4, -0.2) is 66.2 Å². The zero-order valence-corrected chi connectivity index (χ0v) is 14.3. The number of rotatable bonds is 6. The molecule has 2 atom stereocenters. The van der Waals surface area contributed by atoms with E-state index in [1.807, 2.05) is 4.90 Å². The van der Waals surface area contributed by atoms with E-state index in [0.29, 0.717) is 32.0 Å². The second-order valence-corrected chi connectivity index (χ2v) is 6.86. The molecule has 0 aromatic carbocycles. The van der Waals surface area contributed by atoms with Crippen molar-refractivity contribution >= 4 is 11.9 Å². The van der Waals surface area contributed by atoms with E-state index in [0.717, 1.165) is 19.4 Å². The van der Waals surface area contributed by atoms with Crippen LogP contribution in [0, 0.1) is 11.8 Å². The largest absolute Gasteiger partial charge is 0.392 e. The number of hydrogen-bond acceptors (Lipinski definition) is 3. The van der Waals surface area contributed by atoms with Gasteiger partial charge in [-0.05, 0) is 31.6 Å².